The lowest BCUT2D eigenvalue weighted by molar-refractivity contribution is 0.102. The van der Waals surface area contributed by atoms with Gasteiger partial charge in [0.25, 0.3) is 5.91 Å². The fourth-order valence-electron chi connectivity index (χ4n) is 2.50. The first-order chi connectivity index (χ1) is 11.1. The smallest absolute Gasteiger partial charge is 0.256 e. The van der Waals surface area contributed by atoms with Gasteiger partial charge in [-0.2, -0.15) is 0 Å². The summed E-state index contributed by atoms with van der Waals surface area (Å²) in [6.07, 6.45) is 0. The molecule has 23 heavy (non-hydrogen) atoms. The first-order valence-corrected chi connectivity index (χ1v) is 8.32. The van der Waals surface area contributed by atoms with E-state index in [2.05, 4.69) is 5.32 Å². The van der Waals surface area contributed by atoms with E-state index in [-0.39, 0.29) is 11.7 Å². The Balaban J connectivity index is 1.88. The zero-order chi connectivity index (χ0) is 16.2. The molecule has 4 nitrogen and oxygen atoms in total. The SMILES string of the molecule is O=C(Nc1cccc(CS(=O)[O-])c1)c1cccc2ccccc12. The molecule has 0 aliphatic carbocycles. The molecule has 0 aromatic heterocycles. The van der Waals surface area contributed by atoms with Gasteiger partial charge in [0.05, 0.1) is 0 Å². The van der Waals surface area contributed by atoms with E-state index in [0.717, 1.165) is 10.8 Å². The molecule has 1 amide bonds. The summed E-state index contributed by atoms with van der Waals surface area (Å²) < 4.78 is 21.6. The molecule has 0 aliphatic rings. The molecular formula is C18H14NO3S-. The van der Waals surface area contributed by atoms with Crippen molar-refractivity contribution >= 4 is 33.4 Å². The quantitative estimate of drug-likeness (QED) is 0.747. The van der Waals surface area contributed by atoms with Crippen molar-refractivity contribution in [2.75, 3.05) is 5.32 Å². The first-order valence-electron chi connectivity index (χ1n) is 7.07. The van der Waals surface area contributed by atoms with E-state index in [1.54, 1.807) is 30.3 Å². The molecule has 116 valence electrons. The van der Waals surface area contributed by atoms with Gasteiger partial charge in [-0.3, -0.25) is 9.00 Å². The maximum absolute atomic E-state index is 12.5. The average Bonchev–Trinajstić information content (AvgIpc) is 2.54. The summed E-state index contributed by atoms with van der Waals surface area (Å²) in [5, 5.41) is 4.70. The fraction of sp³-hybridized carbons (Fsp3) is 0.0556. The van der Waals surface area contributed by atoms with Gasteiger partial charge in [0, 0.05) is 17.0 Å². The molecule has 0 saturated heterocycles. The predicted molar refractivity (Wildman–Crippen MR) is 91.0 cm³/mol. The average molecular weight is 324 g/mol. The van der Waals surface area contributed by atoms with Gasteiger partial charge in [-0.15, -0.1) is 0 Å². The lowest BCUT2D eigenvalue weighted by Gasteiger charge is -2.10. The zero-order valence-corrected chi connectivity index (χ0v) is 13.0. The molecule has 1 atom stereocenters. The van der Waals surface area contributed by atoms with Gasteiger partial charge >= 0.3 is 0 Å². The summed E-state index contributed by atoms with van der Waals surface area (Å²) in [6.45, 7) is 0. The lowest BCUT2D eigenvalue weighted by atomic mass is 10.0. The standard InChI is InChI=1S/C18H15NO3S/c20-18(17-10-4-7-14-6-1-2-9-16(14)17)19-15-8-3-5-13(11-15)12-23(21)22/h1-11H,12H2,(H,19,20)(H,21,22)/p-1. The highest BCUT2D eigenvalue weighted by atomic mass is 32.2. The summed E-state index contributed by atoms with van der Waals surface area (Å²) in [5.74, 6) is -0.292. The topological polar surface area (TPSA) is 69.2 Å². The van der Waals surface area contributed by atoms with Crippen LogP contribution in [0.25, 0.3) is 10.8 Å². The molecule has 0 aliphatic heterocycles. The molecule has 0 heterocycles. The summed E-state index contributed by atoms with van der Waals surface area (Å²) >= 11 is -2.15. The Morgan fingerprint density at radius 1 is 1.00 bits per heavy atom. The Labute approximate surface area is 136 Å². The fourth-order valence-corrected chi connectivity index (χ4v) is 2.95. The molecule has 1 N–H and O–H groups in total. The van der Waals surface area contributed by atoms with Gasteiger partial charge < -0.3 is 9.87 Å². The van der Waals surface area contributed by atoms with E-state index in [1.165, 1.54) is 0 Å². The minimum Gasteiger partial charge on any atom is -0.772 e. The van der Waals surface area contributed by atoms with E-state index < -0.39 is 11.1 Å². The second kappa shape index (κ2) is 6.73. The normalized spacial score (nSPS) is 12.0. The third-order valence-electron chi connectivity index (χ3n) is 3.50. The number of amides is 1. The van der Waals surface area contributed by atoms with Crippen molar-refractivity contribution in [2.24, 2.45) is 0 Å². The number of carbonyl (C=O) groups excluding carboxylic acids is 1. The number of rotatable bonds is 4. The Morgan fingerprint density at radius 3 is 2.57 bits per heavy atom. The van der Waals surface area contributed by atoms with Crippen molar-refractivity contribution in [3.8, 4) is 0 Å². The van der Waals surface area contributed by atoms with E-state index in [1.807, 2.05) is 36.4 Å². The van der Waals surface area contributed by atoms with E-state index in [9.17, 15) is 13.6 Å². The number of fused-ring (bicyclic) bond motifs is 1. The molecule has 0 fully saturated rings. The third-order valence-corrected chi connectivity index (χ3v) is 4.07. The Morgan fingerprint density at radius 2 is 1.74 bits per heavy atom. The van der Waals surface area contributed by atoms with Gasteiger partial charge in [-0.25, -0.2) is 0 Å². The van der Waals surface area contributed by atoms with Crippen LogP contribution >= 0.6 is 0 Å². The van der Waals surface area contributed by atoms with Crippen LogP contribution in [0.5, 0.6) is 0 Å². The largest absolute Gasteiger partial charge is 0.772 e. The molecule has 1 unspecified atom stereocenters. The van der Waals surface area contributed by atoms with Crippen LogP contribution in [-0.4, -0.2) is 14.7 Å². The number of benzene rings is 3. The van der Waals surface area contributed by atoms with Crippen LogP contribution in [0.2, 0.25) is 0 Å². The highest BCUT2D eigenvalue weighted by molar-refractivity contribution is 7.78. The van der Waals surface area contributed by atoms with Crippen molar-refractivity contribution in [3.63, 3.8) is 0 Å². The van der Waals surface area contributed by atoms with Gasteiger partial charge in [-0.05, 0) is 34.5 Å². The van der Waals surface area contributed by atoms with Crippen LogP contribution in [0.1, 0.15) is 15.9 Å². The van der Waals surface area contributed by atoms with Crippen LogP contribution in [0, 0.1) is 0 Å². The third kappa shape index (κ3) is 3.64. The summed E-state index contributed by atoms with van der Waals surface area (Å²) in [4.78, 5) is 12.5. The number of nitrogens with one attached hydrogen (secondary N) is 1. The van der Waals surface area contributed by atoms with E-state index in [4.69, 9.17) is 0 Å². The second-order valence-corrected chi connectivity index (χ2v) is 6.03. The first kappa shape index (κ1) is 15.4. The number of carbonyl (C=O) groups is 1. The molecule has 3 aromatic carbocycles. The van der Waals surface area contributed by atoms with Crippen LogP contribution < -0.4 is 5.32 Å². The van der Waals surface area contributed by atoms with Gasteiger partial charge in [-0.1, -0.05) is 59.6 Å². The maximum atomic E-state index is 12.5. The maximum Gasteiger partial charge on any atom is 0.256 e. The molecule has 3 aromatic rings. The minimum atomic E-state index is -2.15. The van der Waals surface area contributed by atoms with Gasteiger partial charge in [0.2, 0.25) is 0 Å². The summed E-state index contributed by atoms with van der Waals surface area (Å²) in [5.41, 5.74) is 1.79. The number of hydrogen-bond acceptors (Lipinski definition) is 3. The Bertz CT molecular complexity index is 887. The van der Waals surface area contributed by atoms with E-state index >= 15 is 0 Å². The van der Waals surface area contributed by atoms with Crippen molar-refractivity contribution in [2.45, 2.75) is 5.75 Å². The predicted octanol–water partition coefficient (Wildman–Crippen LogP) is 3.47. The Hall–Kier alpha value is -2.50. The van der Waals surface area contributed by atoms with Crippen molar-refractivity contribution < 1.29 is 13.6 Å². The highest BCUT2D eigenvalue weighted by Gasteiger charge is 2.10. The molecular weight excluding hydrogens is 310 g/mol. The van der Waals surface area contributed by atoms with Gasteiger partial charge in [0.1, 0.15) is 0 Å². The van der Waals surface area contributed by atoms with Crippen LogP contribution in [-0.2, 0) is 16.8 Å². The highest BCUT2D eigenvalue weighted by Crippen LogP contribution is 2.20. The molecule has 0 saturated carbocycles. The van der Waals surface area contributed by atoms with Crippen LogP contribution in [0.15, 0.2) is 66.7 Å². The van der Waals surface area contributed by atoms with Crippen LogP contribution in [0.3, 0.4) is 0 Å². The molecule has 0 spiro atoms. The monoisotopic (exact) mass is 324 g/mol. The summed E-state index contributed by atoms with van der Waals surface area (Å²) in [6, 6.07) is 20.1. The van der Waals surface area contributed by atoms with Gasteiger partial charge in [0.15, 0.2) is 0 Å². The minimum absolute atomic E-state index is 0.0715. The summed E-state index contributed by atoms with van der Waals surface area (Å²) in [7, 11) is 0. The number of anilines is 1. The second-order valence-electron chi connectivity index (χ2n) is 5.13. The molecule has 0 bridgehead atoms. The van der Waals surface area contributed by atoms with E-state index in [0.29, 0.717) is 16.8 Å². The van der Waals surface area contributed by atoms with Crippen molar-refractivity contribution in [3.05, 3.63) is 77.9 Å². The van der Waals surface area contributed by atoms with Crippen molar-refractivity contribution in [1.82, 2.24) is 0 Å². The Kier molecular flexibility index (Phi) is 4.50. The van der Waals surface area contributed by atoms with Crippen LogP contribution in [0.4, 0.5) is 5.69 Å². The lowest BCUT2D eigenvalue weighted by Crippen LogP contribution is -2.12. The molecule has 5 heteroatoms. The molecule has 0 radical (unpaired) electrons. The zero-order valence-electron chi connectivity index (χ0n) is 12.2. The molecule has 3 rings (SSSR count). The van der Waals surface area contributed by atoms with Crippen molar-refractivity contribution in [1.29, 1.82) is 0 Å². The number of hydrogen-bond donors (Lipinski definition) is 1.